The zero-order valence-corrected chi connectivity index (χ0v) is 14.5. The average molecular weight is 361 g/mol. The number of H-pyrrole nitrogens is 1. The van der Waals surface area contributed by atoms with Gasteiger partial charge in [-0.15, -0.1) is 0 Å². The van der Waals surface area contributed by atoms with E-state index in [0.717, 1.165) is 11.9 Å². The smallest absolute Gasteiger partial charge is 0.243 e. The van der Waals surface area contributed by atoms with E-state index >= 15 is 0 Å². The van der Waals surface area contributed by atoms with Crippen LogP contribution in [0.15, 0.2) is 59.6 Å². The van der Waals surface area contributed by atoms with Gasteiger partial charge in [-0.3, -0.25) is 0 Å². The molecule has 0 radical (unpaired) electrons. The molecule has 2 heterocycles. The largest absolute Gasteiger partial charge is 0.361 e. The Morgan fingerprint density at radius 1 is 1.12 bits per heavy atom. The van der Waals surface area contributed by atoms with Crippen LogP contribution in [-0.2, 0) is 10.0 Å². The Hall–Kier alpha value is -1.82. The molecule has 0 bridgehead atoms. The van der Waals surface area contributed by atoms with Crippen LogP contribution in [0.4, 0.5) is 0 Å². The number of aromatic amines is 1. The fourth-order valence-electron chi connectivity index (χ4n) is 3.41. The van der Waals surface area contributed by atoms with E-state index < -0.39 is 10.0 Å². The lowest BCUT2D eigenvalue weighted by Crippen LogP contribution is -2.28. The van der Waals surface area contributed by atoms with Gasteiger partial charge in [-0.05, 0) is 36.2 Å². The second kappa shape index (κ2) is 5.92. The maximum absolute atomic E-state index is 12.8. The maximum atomic E-state index is 12.8. The van der Waals surface area contributed by atoms with Crippen molar-refractivity contribution < 1.29 is 8.42 Å². The third-order valence-electron chi connectivity index (χ3n) is 4.65. The van der Waals surface area contributed by atoms with Crippen LogP contribution in [-0.4, -0.2) is 30.8 Å². The molecule has 1 unspecified atom stereocenters. The predicted molar refractivity (Wildman–Crippen MR) is 95.9 cm³/mol. The molecule has 1 N–H and O–H groups in total. The minimum absolute atomic E-state index is 0.204. The number of sulfonamides is 1. The number of fused-ring (bicyclic) bond motifs is 1. The van der Waals surface area contributed by atoms with E-state index in [-0.39, 0.29) is 10.8 Å². The van der Waals surface area contributed by atoms with E-state index in [1.54, 1.807) is 22.5 Å². The number of nitrogens with zero attached hydrogens (tertiary/aromatic N) is 1. The molecule has 1 aromatic heterocycles. The number of nitrogens with one attached hydrogen (secondary N) is 1. The first-order valence-corrected chi connectivity index (χ1v) is 9.69. The summed E-state index contributed by atoms with van der Waals surface area (Å²) < 4.78 is 27.2. The minimum Gasteiger partial charge on any atom is -0.361 e. The highest BCUT2D eigenvalue weighted by atomic mass is 35.5. The van der Waals surface area contributed by atoms with Gasteiger partial charge in [0.25, 0.3) is 0 Å². The van der Waals surface area contributed by atoms with E-state index in [2.05, 4.69) is 11.1 Å². The van der Waals surface area contributed by atoms with E-state index in [1.165, 1.54) is 17.0 Å². The Balaban J connectivity index is 1.62. The van der Waals surface area contributed by atoms with Crippen LogP contribution in [0.3, 0.4) is 0 Å². The summed E-state index contributed by atoms with van der Waals surface area (Å²) in [4.78, 5) is 3.53. The van der Waals surface area contributed by atoms with E-state index in [4.69, 9.17) is 11.6 Å². The molecule has 1 aliphatic heterocycles. The first-order valence-electron chi connectivity index (χ1n) is 7.87. The summed E-state index contributed by atoms with van der Waals surface area (Å²) >= 11 is 5.95. The zero-order valence-electron chi connectivity index (χ0n) is 12.9. The van der Waals surface area contributed by atoms with Crippen LogP contribution in [0.2, 0.25) is 5.02 Å². The molecule has 0 amide bonds. The summed E-state index contributed by atoms with van der Waals surface area (Å²) in [6.07, 6.45) is 2.83. The van der Waals surface area contributed by atoms with Gasteiger partial charge in [-0.2, -0.15) is 4.31 Å². The second-order valence-electron chi connectivity index (χ2n) is 6.10. The lowest BCUT2D eigenvalue weighted by atomic mass is 9.98. The molecule has 4 rings (SSSR count). The third-order valence-corrected chi connectivity index (χ3v) is 6.74. The summed E-state index contributed by atoms with van der Waals surface area (Å²) in [6.45, 7) is 1.02. The molecule has 3 aromatic rings. The topological polar surface area (TPSA) is 53.2 Å². The van der Waals surface area contributed by atoms with Gasteiger partial charge < -0.3 is 4.98 Å². The summed E-state index contributed by atoms with van der Waals surface area (Å²) in [6, 6.07) is 14.6. The standard InChI is InChI=1S/C18H17ClN2O2S/c19-14-4-3-5-15(10-14)24(22,23)21-9-8-13(12-21)17-11-20-18-7-2-1-6-16(17)18/h1-7,10-11,13,20H,8-9,12H2. The number of rotatable bonds is 3. The van der Waals surface area contributed by atoms with Gasteiger partial charge in [0.1, 0.15) is 0 Å². The number of benzene rings is 2. The van der Waals surface area contributed by atoms with Gasteiger partial charge in [0.15, 0.2) is 0 Å². The Kier molecular flexibility index (Phi) is 3.87. The van der Waals surface area contributed by atoms with Gasteiger partial charge in [0.05, 0.1) is 4.90 Å². The number of para-hydroxylation sites is 1. The normalized spacial score (nSPS) is 19.1. The van der Waals surface area contributed by atoms with E-state index in [1.807, 2.05) is 24.4 Å². The Bertz CT molecular complexity index is 997. The van der Waals surface area contributed by atoms with Crippen molar-refractivity contribution in [3.63, 3.8) is 0 Å². The van der Waals surface area contributed by atoms with E-state index in [9.17, 15) is 8.42 Å². The Morgan fingerprint density at radius 2 is 1.96 bits per heavy atom. The van der Waals surface area contributed by atoms with Gasteiger partial charge >= 0.3 is 0 Å². The first-order chi connectivity index (χ1) is 11.6. The zero-order chi connectivity index (χ0) is 16.7. The molecule has 1 fully saturated rings. The van der Waals surface area contributed by atoms with Crippen LogP contribution in [0.5, 0.6) is 0 Å². The van der Waals surface area contributed by atoms with Crippen LogP contribution in [0, 0.1) is 0 Å². The van der Waals surface area contributed by atoms with Crippen molar-refractivity contribution in [1.29, 1.82) is 0 Å². The number of halogens is 1. The van der Waals surface area contributed by atoms with E-state index in [0.29, 0.717) is 18.1 Å². The average Bonchev–Trinajstić information content (AvgIpc) is 3.21. The fourth-order valence-corrected chi connectivity index (χ4v) is 5.21. The minimum atomic E-state index is -3.50. The predicted octanol–water partition coefficient (Wildman–Crippen LogP) is 4.00. The molecule has 2 aromatic carbocycles. The highest BCUT2D eigenvalue weighted by molar-refractivity contribution is 7.89. The van der Waals surface area contributed by atoms with Gasteiger partial charge in [-0.25, -0.2) is 8.42 Å². The summed E-state index contributed by atoms with van der Waals surface area (Å²) in [7, 11) is -3.50. The van der Waals surface area contributed by atoms with Crippen LogP contribution in [0.1, 0.15) is 17.9 Å². The summed E-state index contributed by atoms with van der Waals surface area (Å²) in [5.41, 5.74) is 2.28. The molecule has 124 valence electrons. The fraction of sp³-hybridized carbons (Fsp3) is 0.222. The Labute approximate surface area is 146 Å². The molecule has 0 saturated carbocycles. The number of aromatic nitrogens is 1. The monoisotopic (exact) mass is 360 g/mol. The lowest BCUT2D eigenvalue weighted by Gasteiger charge is -2.16. The highest BCUT2D eigenvalue weighted by Gasteiger charge is 2.34. The van der Waals surface area contributed by atoms with Crippen LogP contribution in [0.25, 0.3) is 10.9 Å². The molecule has 1 aliphatic rings. The quantitative estimate of drug-likeness (QED) is 0.767. The molecule has 1 atom stereocenters. The van der Waals surface area contributed by atoms with Crippen molar-refractivity contribution in [2.24, 2.45) is 0 Å². The molecule has 1 saturated heterocycles. The second-order valence-corrected chi connectivity index (χ2v) is 8.47. The number of hydrogen-bond acceptors (Lipinski definition) is 2. The van der Waals surface area contributed by atoms with Crippen molar-refractivity contribution in [2.45, 2.75) is 17.2 Å². The molecular weight excluding hydrogens is 344 g/mol. The lowest BCUT2D eigenvalue weighted by molar-refractivity contribution is 0.473. The maximum Gasteiger partial charge on any atom is 0.243 e. The third kappa shape index (κ3) is 2.62. The van der Waals surface area contributed by atoms with Crippen molar-refractivity contribution in [3.8, 4) is 0 Å². The van der Waals surface area contributed by atoms with Gasteiger partial charge in [0, 0.05) is 41.1 Å². The molecule has 24 heavy (non-hydrogen) atoms. The summed E-state index contributed by atoms with van der Waals surface area (Å²) in [5.74, 6) is 0.204. The Morgan fingerprint density at radius 3 is 2.79 bits per heavy atom. The van der Waals surface area contributed by atoms with Crippen molar-refractivity contribution in [2.75, 3.05) is 13.1 Å². The van der Waals surface area contributed by atoms with Crippen molar-refractivity contribution >= 4 is 32.5 Å². The SMILES string of the molecule is O=S(=O)(c1cccc(Cl)c1)N1CCC(c2c[nH]c3ccccc23)C1. The van der Waals surface area contributed by atoms with Gasteiger partial charge in [-0.1, -0.05) is 35.9 Å². The van der Waals surface area contributed by atoms with Crippen molar-refractivity contribution in [3.05, 3.63) is 65.3 Å². The molecular formula is C18H17ClN2O2S. The van der Waals surface area contributed by atoms with Crippen molar-refractivity contribution in [1.82, 2.24) is 9.29 Å². The first kappa shape index (κ1) is 15.7. The highest BCUT2D eigenvalue weighted by Crippen LogP contribution is 2.35. The molecule has 4 nitrogen and oxygen atoms in total. The molecule has 0 spiro atoms. The summed E-state index contributed by atoms with van der Waals surface area (Å²) in [5, 5.41) is 1.60. The number of hydrogen-bond donors (Lipinski definition) is 1. The van der Waals surface area contributed by atoms with Gasteiger partial charge in [0.2, 0.25) is 10.0 Å². The van der Waals surface area contributed by atoms with Crippen LogP contribution >= 0.6 is 11.6 Å². The van der Waals surface area contributed by atoms with Crippen LogP contribution < -0.4 is 0 Å². The molecule has 0 aliphatic carbocycles. The molecule has 6 heteroatoms.